The number of carbonyl (C=O) groups excluding carboxylic acids is 1. The summed E-state index contributed by atoms with van der Waals surface area (Å²) in [6.07, 6.45) is 3.58. The molecule has 0 aliphatic carbocycles. The first-order chi connectivity index (χ1) is 3.27. The molecule has 0 saturated carbocycles. The minimum atomic E-state index is -1.19. The van der Waals surface area contributed by atoms with Crippen LogP contribution in [0.4, 0.5) is 0 Å². The van der Waals surface area contributed by atoms with Gasteiger partial charge in [0.1, 0.15) is 0 Å². The number of rotatable bonds is 2. The van der Waals surface area contributed by atoms with Gasteiger partial charge < -0.3 is 9.90 Å². The van der Waals surface area contributed by atoms with Crippen molar-refractivity contribution in [1.82, 2.24) is 0 Å². The Balaban J connectivity index is 3.46. The van der Waals surface area contributed by atoms with Crippen molar-refractivity contribution < 1.29 is 9.90 Å². The van der Waals surface area contributed by atoms with Gasteiger partial charge in [0.2, 0.25) is 0 Å². The molecule has 0 N–H and O–H groups in total. The third kappa shape index (κ3) is 4.95. The van der Waals surface area contributed by atoms with E-state index in [0.29, 0.717) is 0 Å². The second kappa shape index (κ2) is 3.15. The fourth-order valence-electron chi connectivity index (χ4n) is 0.147. The average molecular weight is 97.1 g/mol. The molecule has 0 heterocycles. The molecule has 0 atom stereocenters. The second-order valence-electron chi connectivity index (χ2n) is 0.914. The number of carbonyl (C=O) groups is 1. The third-order valence-electron chi connectivity index (χ3n) is 0.368. The van der Waals surface area contributed by atoms with E-state index in [9.17, 15) is 9.90 Å². The molecule has 0 bridgehead atoms. The average Bonchev–Trinajstić information content (AvgIpc) is 1.61. The monoisotopic (exact) mass is 97.0 g/mol. The highest BCUT2D eigenvalue weighted by Crippen LogP contribution is 1.67. The number of hydrogen-bond acceptors (Lipinski definition) is 2. The van der Waals surface area contributed by atoms with E-state index in [1.165, 1.54) is 12.2 Å². The molecule has 0 aliphatic rings. The third-order valence-corrected chi connectivity index (χ3v) is 0.368. The first kappa shape index (κ1) is 5.95. The lowest BCUT2D eigenvalue weighted by molar-refractivity contribution is -0.297. The molecule has 2 nitrogen and oxygen atoms in total. The molecule has 0 spiro atoms. The van der Waals surface area contributed by atoms with Crippen LogP contribution in [0.2, 0.25) is 0 Å². The van der Waals surface area contributed by atoms with E-state index < -0.39 is 5.97 Å². The molecule has 0 unspecified atom stereocenters. The summed E-state index contributed by atoms with van der Waals surface area (Å²) in [7, 11) is 0. The molecule has 0 aliphatic heterocycles. The standard InChI is InChI=1S/C5H6O2/c1-2-3-4-5(6)7/h2-4H,1H2,(H,6,7)/p-1/b4-3-. The number of carboxylic acids is 1. The molecule has 0 aromatic rings. The van der Waals surface area contributed by atoms with Crippen molar-refractivity contribution in [3.8, 4) is 0 Å². The van der Waals surface area contributed by atoms with E-state index in [-0.39, 0.29) is 0 Å². The molecule has 0 aromatic heterocycles. The van der Waals surface area contributed by atoms with Crippen molar-refractivity contribution in [2.45, 2.75) is 0 Å². The minimum Gasteiger partial charge on any atom is -0.545 e. The van der Waals surface area contributed by atoms with Gasteiger partial charge in [-0.3, -0.25) is 0 Å². The normalized spacial score (nSPS) is 9.14. The highest BCUT2D eigenvalue weighted by atomic mass is 16.4. The van der Waals surface area contributed by atoms with E-state index >= 15 is 0 Å². The van der Waals surface area contributed by atoms with Crippen LogP contribution in [0.15, 0.2) is 24.8 Å². The lowest BCUT2D eigenvalue weighted by Gasteiger charge is -1.84. The van der Waals surface area contributed by atoms with Crippen LogP contribution in [0.25, 0.3) is 0 Å². The first-order valence-electron chi connectivity index (χ1n) is 1.77. The largest absolute Gasteiger partial charge is 0.545 e. The molecule has 0 rings (SSSR count). The second-order valence-corrected chi connectivity index (χ2v) is 0.914. The quantitative estimate of drug-likeness (QED) is 0.343. The van der Waals surface area contributed by atoms with E-state index in [4.69, 9.17) is 0 Å². The lowest BCUT2D eigenvalue weighted by Crippen LogP contribution is -2.18. The van der Waals surface area contributed by atoms with E-state index in [0.717, 1.165) is 6.08 Å². The predicted octanol–water partition coefficient (Wildman–Crippen LogP) is -0.522. The van der Waals surface area contributed by atoms with Gasteiger partial charge in [-0.15, -0.1) is 0 Å². The fourth-order valence-corrected chi connectivity index (χ4v) is 0.147. The number of allylic oxidation sites excluding steroid dienone is 2. The van der Waals surface area contributed by atoms with Crippen LogP contribution >= 0.6 is 0 Å². The highest BCUT2D eigenvalue weighted by Gasteiger charge is 1.63. The Kier molecular flexibility index (Phi) is 2.68. The van der Waals surface area contributed by atoms with Crippen molar-refractivity contribution in [3.05, 3.63) is 24.8 Å². The van der Waals surface area contributed by atoms with Gasteiger partial charge in [0.25, 0.3) is 0 Å². The number of aliphatic carboxylic acids is 1. The summed E-state index contributed by atoms with van der Waals surface area (Å²) >= 11 is 0. The smallest absolute Gasteiger partial charge is 0.0642 e. The summed E-state index contributed by atoms with van der Waals surface area (Å²) in [5.74, 6) is -1.19. The fraction of sp³-hybridized carbons (Fsp3) is 0. The van der Waals surface area contributed by atoms with Gasteiger partial charge in [-0.1, -0.05) is 18.7 Å². The first-order valence-corrected chi connectivity index (χ1v) is 1.77. The molecule has 0 aromatic carbocycles. The summed E-state index contributed by atoms with van der Waals surface area (Å²) in [6.45, 7) is 3.25. The van der Waals surface area contributed by atoms with Gasteiger partial charge in [-0.05, 0) is 6.08 Å². The van der Waals surface area contributed by atoms with Gasteiger partial charge in [0, 0.05) is 0 Å². The maximum atomic E-state index is 9.51. The number of carboxylic acid groups (broad SMARTS) is 1. The Morgan fingerprint density at radius 3 is 2.43 bits per heavy atom. The van der Waals surface area contributed by atoms with Gasteiger partial charge in [-0.2, -0.15) is 0 Å². The van der Waals surface area contributed by atoms with Crippen LogP contribution in [0.5, 0.6) is 0 Å². The molecule has 7 heavy (non-hydrogen) atoms. The summed E-state index contributed by atoms with van der Waals surface area (Å²) in [5.41, 5.74) is 0. The van der Waals surface area contributed by atoms with Crippen LogP contribution in [-0.4, -0.2) is 5.97 Å². The highest BCUT2D eigenvalue weighted by molar-refractivity contribution is 5.77. The molecule has 0 fully saturated rings. The van der Waals surface area contributed by atoms with Gasteiger partial charge in [0.05, 0.1) is 5.97 Å². The Labute approximate surface area is 41.8 Å². The SMILES string of the molecule is C=C/C=C\C(=O)[O-]. The number of hydrogen-bond donors (Lipinski definition) is 0. The maximum Gasteiger partial charge on any atom is 0.0642 e. The van der Waals surface area contributed by atoms with E-state index in [1.54, 1.807) is 0 Å². The van der Waals surface area contributed by atoms with Crippen molar-refractivity contribution in [3.63, 3.8) is 0 Å². The van der Waals surface area contributed by atoms with Gasteiger partial charge in [-0.25, -0.2) is 0 Å². The van der Waals surface area contributed by atoms with E-state index in [2.05, 4.69) is 6.58 Å². The maximum absolute atomic E-state index is 9.51. The van der Waals surface area contributed by atoms with Crippen LogP contribution in [0.3, 0.4) is 0 Å². The summed E-state index contributed by atoms with van der Waals surface area (Å²) < 4.78 is 0. The van der Waals surface area contributed by atoms with E-state index in [1.807, 2.05) is 0 Å². The molecule has 2 heteroatoms. The topological polar surface area (TPSA) is 40.1 Å². The summed E-state index contributed by atoms with van der Waals surface area (Å²) in [6, 6.07) is 0. The molecule has 0 amide bonds. The molecule has 0 saturated heterocycles. The van der Waals surface area contributed by atoms with Gasteiger partial charge >= 0.3 is 0 Å². The Hall–Kier alpha value is -1.05. The molecular weight excluding hydrogens is 92.1 g/mol. The van der Waals surface area contributed by atoms with Crippen LogP contribution < -0.4 is 5.11 Å². The molecule has 0 radical (unpaired) electrons. The molecular formula is C5H5O2-. The van der Waals surface area contributed by atoms with Crippen molar-refractivity contribution in [2.75, 3.05) is 0 Å². The van der Waals surface area contributed by atoms with Crippen LogP contribution in [0.1, 0.15) is 0 Å². The van der Waals surface area contributed by atoms with Crippen LogP contribution in [-0.2, 0) is 4.79 Å². The summed E-state index contributed by atoms with van der Waals surface area (Å²) in [4.78, 5) is 9.51. The Morgan fingerprint density at radius 2 is 2.29 bits per heavy atom. The van der Waals surface area contributed by atoms with Gasteiger partial charge in [0.15, 0.2) is 0 Å². The van der Waals surface area contributed by atoms with Crippen molar-refractivity contribution in [1.29, 1.82) is 0 Å². The zero-order chi connectivity index (χ0) is 5.70. The lowest BCUT2D eigenvalue weighted by atomic mass is 10.5. The zero-order valence-electron chi connectivity index (χ0n) is 3.76. The Morgan fingerprint density at radius 1 is 1.71 bits per heavy atom. The Bertz CT molecular complexity index is 103. The van der Waals surface area contributed by atoms with Crippen molar-refractivity contribution in [2.24, 2.45) is 0 Å². The summed E-state index contributed by atoms with van der Waals surface area (Å²) in [5, 5.41) is 9.51. The predicted molar refractivity (Wildman–Crippen MR) is 24.3 cm³/mol. The minimum absolute atomic E-state index is 0.910. The molecule has 38 valence electrons. The van der Waals surface area contributed by atoms with Crippen LogP contribution in [0, 0.1) is 0 Å². The zero-order valence-corrected chi connectivity index (χ0v) is 3.76. The van der Waals surface area contributed by atoms with Crippen molar-refractivity contribution >= 4 is 5.97 Å².